The summed E-state index contributed by atoms with van der Waals surface area (Å²) >= 11 is 2.13. The zero-order chi connectivity index (χ0) is 8.10. The van der Waals surface area contributed by atoms with E-state index in [9.17, 15) is 0 Å². The van der Waals surface area contributed by atoms with Crippen LogP contribution in [0.3, 0.4) is 0 Å². The van der Waals surface area contributed by atoms with Crippen molar-refractivity contribution < 1.29 is 0 Å². The first-order chi connectivity index (χ1) is 5.36. The molecule has 0 saturated heterocycles. The third kappa shape index (κ3) is 2.76. The highest BCUT2D eigenvalue weighted by molar-refractivity contribution is 14.1. The highest BCUT2D eigenvalue weighted by Gasteiger charge is 1.91. The second kappa shape index (κ2) is 4.69. The van der Waals surface area contributed by atoms with Gasteiger partial charge in [-0.15, -0.1) is 0 Å². The molecule has 0 atom stereocenters. The number of rotatable bonds is 3. The van der Waals surface area contributed by atoms with Crippen LogP contribution in [0.1, 0.15) is 11.1 Å². The van der Waals surface area contributed by atoms with Crippen LogP contribution in [0.25, 0.3) is 0 Å². The predicted molar refractivity (Wildman–Crippen MR) is 55.2 cm³/mol. The molecule has 60 valence electrons. The maximum atomic E-state index is 5.49. The van der Waals surface area contributed by atoms with Crippen LogP contribution in [0, 0.1) is 0 Å². The fourth-order valence-corrected chi connectivity index (χ4v) is 1.38. The summed E-state index contributed by atoms with van der Waals surface area (Å²) in [6.45, 7) is 1.52. The minimum absolute atomic E-state index is 0.620. The van der Waals surface area contributed by atoms with Gasteiger partial charge in [0.2, 0.25) is 0 Å². The van der Waals surface area contributed by atoms with Gasteiger partial charge in [-0.2, -0.15) is 0 Å². The summed E-state index contributed by atoms with van der Waals surface area (Å²) < 4.78 is 3.06. The molecule has 11 heavy (non-hydrogen) atoms. The number of halogens is 1. The first kappa shape index (κ1) is 8.96. The summed E-state index contributed by atoms with van der Waals surface area (Å²) in [4.78, 5) is 0. The molecule has 0 aromatic heterocycles. The van der Waals surface area contributed by atoms with Crippen LogP contribution in [-0.2, 0) is 13.1 Å². The molecule has 0 aliphatic rings. The van der Waals surface area contributed by atoms with Crippen LogP contribution in [0.5, 0.6) is 0 Å². The molecule has 0 unspecified atom stereocenters. The number of hydrogen-bond acceptors (Lipinski definition) is 2. The second-order valence-electron chi connectivity index (χ2n) is 2.33. The van der Waals surface area contributed by atoms with Crippen molar-refractivity contribution in [3.8, 4) is 0 Å². The number of nitrogens with two attached hydrogens (primary N) is 1. The quantitative estimate of drug-likeness (QED) is 0.641. The van der Waals surface area contributed by atoms with E-state index in [2.05, 4.69) is 38.5 Å². The van der Waals surface area contributed by atoms with E-state index >= 15 is 0 Å². The molecule has 3 heteroatoms. The Morgan fingerprint density at radius 1 is 1.36 bits per heavy atom. The summed E-state index contributed by atoms with van der Waals surface area (Å²) in [5.41, 5.74) is 7.96. The van der Waals surface area contributed by atoms with Gasteiger partial charge < -0.3 is 5.73 Å². The largest absolute Gasteiger partial charge is 0.326 e. The van der Waals surface area contributed by atoms with E-state index in [1.54, 1.807) is 0 Å². The topological polar surface area (TPSA) is 38.0 Å². The Bertz CT molecular complexity index is 225. The Labute approximate surface area is 80.7 Å². The average Bonchev–Trinajstić information content (AvgIpc) is 2.06. The summed E-state index contributed by atoms with van der Waals surface area (Å²) in [6, 6.07) is 8.28. The maximum Gasteiger partial charge on any atom is 0.0301 e. The van der Waals surface area contributed by atoms with Crippen LogP contribution < -0.4 is 9.26 Å². The molecule has 0 aliphatic carbocycles. The standard InChI is InChI=1S/C8H11IN2/c9-11-6-8-3-1-2-7(4-8)5-10/h1-4,11H,5-6,10H2. The number of hydrogen-bond donors (Lipinski definition) is 2. The summed E-state index contributed by atoms with van der Waals surface area (Å²) in [5.74, 6) is 0. The van der Waals surface area contributed by atoms with Gasteiger partial charge in [0, 0.05) is 36.0 Å². The minimum atomic E-state index is 0.620. The third-order valence-corrected chi connectivity index (χ3v) is 1.88. The summed E-state index contributed by atoms with van der Waals surface area (Å²) in [5, 5.41) is 0. The molecule has 1 rings (SSSR count). The highest BCUT2D eigenvalue weighted by Crippen LogP contribution is 2.04. The van der Waals surface area contributed by atoms with Crippen molar-refractivity contribution in [3.63, 3.8) is 0 Å². The molecule has 1 aromatic carbocycles. The van der Waals surface area contributed by atoms with Gasteiger partial charge in [0.05, 0.1) is 0 Å². The van der Waals surface area contributed by atoms with Crippen LogP contribution in [0.2, 0.25) is 0 Å². The molecule has 0 bridgehead atoms. The summed E-state index contributed by atoms with van der Waals surface area (Å²) in [7, 11) is 0. The van der Waals surface area contributed by atoms with Crippen molar-refractivity contribution in [2.24, 2.45) is 5.73 Å². The SMILES string of the molecule is NCc1cccc(CNI)c1. The molecule has 0 amide bonds. The second-order valence-corrected chi connectivity index (χ2v) is 3.10. The Balaban J connectivity index is 2.74. The van der Waals surface area contributed by atoms with Gasteiger partial charge in [-0.05, 0) is 11.1 Å². The van der Waals surface area contributed by atoms with Crippen molar-refractivity contribution >= 4 is 22.9 Å². The molecule has 2 nitrogen and oxygen atoms in total. The first-order valence-corrected chi connectivity index (χ1v) is 4.56. The van der Waals surface area contributed by atoms with Crippen LogP contribution in [0.15, 0.2) is 24.3 Å². The molecule has 0 radical (unpaired) electrons. The molecule has 0 aliphatic heterocycles. The lowest BCUT2D eigenvalue weighted by molar-refractivity contribution is 0.992. The maximum absolute atomic E-state index is 5.49. The molecule has 3 N–H and O–H groups in total. The van der Waals surface area contributed by atoms with Crippen molar-refractivity contribution in [2.75, 3.05) is 0 Å². The molecule has 0 spiro atoms. The fourth-order valence-electron chi connectivity index (χ4n) is 0.944. The lowest BCUT2D eigenvalue weighted by Crippen LogP contribution is -2.00. The van der Waals surface area contributed by atoms with E-state index in [1.807, 2.05) is 12.1 Å². The lowest BCUT2D eigenvalue weighted by Gasteiger charge is -2.00. The van der Waals surface area contributed by atoms with Gasteiger partial charge in [-0.25, -0.2) is 0 Å². The zero-order valence-corrected chi connectivity index (χ0v) is 8.34. The normalized spacial score (nSPS) is 10.0. The van der Waals surface area contributed by atoms with Gasteiger partial charge in [0.15, 0.2) is 0 Å². The molecule has 0 saturated carbocycles. The van der Waals surface area contributed by atoms with Crippen LogP contribution >= 0.6 is 22.9 Å². The molecule has 0 heterocycles. The monoisotopic (exact) mass is 262 g/mol. The van der Waals surface area contributed by atoms with E-state index < -0.39 is 0 Å². The van der Waals surface area contributed by atoms with Gasteiger partial charge in [0.1, 0.15) is 0 Å². The van der Waals surface area contributed by atoms with Crippen LogP contribution in [0.4, 0.5) is 0 Å². The fraction of sp³-hybridized carbons (Fsp3) is 0.250. The van der Waals surface area contributed by atoms with Crippen LogP contribution in [-0.4, -0.2) is 0 Å². The minimum Gasteiger partial charge on any atom is -0.326 e. The van der Waals surface area contributed by atoms with Gasteiger partial charge in [-0.1, -0.05) is 24.3 Å². The zero-order valence-electron chi connectivity index (χ0n) is 6.18. The van der Waals surface area contributed by atoms with E-state index in [1.165, 1.54) is 11.1 Å². The molecular formula is C8H11IN2. The highest BCUT2D eigenvalue weighted by atomic mass is 127. The van der Waals surface area contributed by atoms with Crippen molar-refractivity contribution in [1.29, 1.82) is 0 Å². The Morgan fingerprint density at radius 2 is 2.09 bits per heavy atom. The predicted octanol–water partition coefficient (Wildman–Crippen LogP) is 1.58. The molecule has 0 fully saturated rings. The van der Waals surface area contributed by atoms with E-state index in [0.717, 1.165) is 6.54 Å². The molecule has 1 aromatic rings. The van der Waals surface area contributed by atoms with Crippen molar-refractivity contribution in [3.05, 3.63) is 35.4 Å². The van der Waals surface area contributed by atoms with Crippen molar-refractivity contribution in [2.45, 2.75) is 13.1 Å². The number of benzene rings is 1. The molecular weight excluding hydrogens is 251 g/mol. The lowest BCUT2D eigenvalue weighted by atomic mass is 10.1. The Morgan fingerprint density at radius 3 is 2.73 bits per heavy atom. The number of nitrogens with one attached hydrogen (secondary N) is 1. The van der Waals surface area contributed by atoms with E-state index in [4.69, 9.17) is 5.73 Å². The third-order valence-electron chi connectivity index (χ3n) is 1.50. The van der Waals surface area contributed by atoms with Gasteiger partial charge in [0.25, 0.3) is 0 Å². The van der Waals surface area contributed by atoms with Gasteiger partial charge in [-0.3, -0.25) is 3.53 Å². The van der Waals surface area contributed by atoms with Crippen molar-refractivity contribution in [1.82, 2.24) is 3.53 Å². The Kier molecular flexibility index (Phi) is 3.82. The van der Waals surface area contributed by atoms with E-state index in [0.29, 0.717) is 6.54 Å². The van der Waals surface area contributed by atoms with E-state index in [-0.39, 0.29) is 0 Å². The van der Waals surface area contributed by atoms with Gasteiger partial charge >= 0.3 is 0 Å². The first-order valence-electron chi connectivity index (χ1n) is 3.48. The summed E-state index contributed by atoms with van der Waals surface area (Å²) in [6.07, 6.45) is 0. The smallest absolute Gasteiger partial charge is 0.0301 e. The Hall–Kier alpha value is -0.130. The average molecular weight is 262 g/mol.